The number of hydrogen-bond donors (Lipinski definition) is 2. The summed E-state index contributed by atoms with van der Waals surface area (Å²) in [5, 5.41) is 18.9. The molecule has 0 saturated carbocycles. The van der Waals surface area contributed by atoms with Crippen LogP contribution in [0.2, 0.25) is 0 Å². The van der Waals surface area contributed by atoms with Crippen LogP contribution in [0.4, 0.5) is 0 Å². The Balaban J connectivity index is 2.25. The number of rotatable bonds is 3. The summed E-state index contributed by atoms with van der Waals surface area (Å²) >= 11 is 0. The first-order valence-corrected chi connectivity index (χ1v) is 6.11. The molecule has 0 atom stereocenters. The Bertz CT molecular complexity index is 608. The first kappa shape index (κ1) is 13.0. The van der Waals surface area contributed by atoms with Gasteiger partial charge in [0.05, 0.1) is 0 Å². The molecular formula is C17H16O2. The SMILES string of the molecule is CC=Cc1cc(O)cc(C=Cc2ccc(O)cc2)c1. The normalized spacial score (nSPS) is 11.4. The van der Waals surface area contributed by atoms with E-state index in [0.29, 0.717) is 0 Å². The Morgan fingerprint density at radius 3 is 1.89 bits per heavy atom. The molecule has 0 fully saturated rings. The van der Waals surface area contributed by atoms with Gasteiger partial charge >= 0.3 is 0 Å². The number of aromatic hydroxyl groups is 2. The minimum atomic E-state index is 0.251. The van der Waals surface area contributed by atoms with Gasteiger partial charge in [-0.05, 0) is 53.9 Å². The van der Waals surface area contributed by atoms with Gasteiger partial charge in [-0.2, -0.15) is 0 Å². The highest BCUT2D eigenvalue weighted by Gasteiger charge is 1.95. The third kappa shape index (κ3) is 3.75. The molecule has 2 rings (SSSR count). The first-order valence-electron chi connectivity index (χ1n) is 6.11. The lowest BCUT2D eigenvalue weighted by Crippen LogP contribution is -1.77. The maximum Gasteiger partial charge on any atom is 0.116 e. The molecule has 0 aliphatic rings. The highest BCUT2D eigenvalue weighted by molar-refractivity contribution is 5.72. The summed E-state index contributed by atoms with van der Waals surface area (Å²) in [7, 11) is 0. The maximum atomic E-state index is 9.65. The molecule has 2 aromatic rings. The molecule has 0 aliphatic carbocycles. The Labute approximate surface area is 113 Å². The lowest BCUT2D eigenvalue weighted by atomic mass is 10.1. The van der Waals surface area contributed by atoms with Crippen molar-refractivity contribution in [3.63, 3.8) is 0 Å². The van der Waals surface area contributed by atoms with Crippen LogP contribution in [0.3, 0.4) is 0 Å². The smallest absolute Gasteiger partial charge is 0.116 e. The van der Waals surface area contributed by atoms with Crippen molar-refractivity contribution >= 4 is 18.2 Å². The van der Waals surface area contributed by atoms with Crippen molar-refractivity contribution in [3.05, 3.63) is 65.2 Å². The molecule has 2 nitrogen and oxygen atoms in total. The second-order valence-electron chi connectivity index (χ2n) is 4.28. The van der Waals surface area contributed by atoms with Crippen LogP contribution in [0, 0.1) is 0 Å². The molecule has 0 spiro atoms. The van der Waals surface area contributed by atoms with Gasteiger partial charge in [-0.1, -0.05) is 36.4 Å². The highest BCUT2D eigenvalue weighted by atomic mass is 16.3. The van der Waals surface area contributed by atoms with Gasteiger partial charge in [-0.25, -0.2) is 0 Å². The lowest BCUT2D eigenvalue weighted by molar-refractivity contribution is 0.474. The summed E-state index contributed by atoms with van der Waals surface area (Å²) in [6.07, 6.45) is 7.74. The number of allylic oxidation sites excluding steroid dienone is 1. The van der Waals surface area contributed by atoms with Gasteiger partial charge in [-0.15, -0.1) is 0 Å². The Morgan fingerprint density at radius 2 is 1.26 bits per heavy atom. The standard InChI is InChI=1S/C17H16O2/c1-2-3-14-10-15(12-17(19)11-14)5-4-13-6-8-16(18)9-7-13/h2-12,18-19H,1H3. The van der Waals surface area contributed by atoms with Crippen molar-refractivity contribution < 1.29 is 10.2 Å². The first-order chi connectivity index (χ1) is 9.17. The van der Waals surface area contributed by atoms with E-state index in [2.05, 4.69) is 0 Å². The zero-order valence-electron chi connectivity index (χ0n) is 10.7. The van der Waals surface area contributed by atoms with Crippen LogP contribution in [0.5, 0.6) is 11.5 Å². The third-order valence-electron chi connectivity index (χ3n) is 2.68. The molecule has 0 saturated heterocycles. The molecule has 0 aromatic heterocycles. The topological polar surface area (TPSA) is 40.5 Å². The van der Waals surface area contributed by atoms with E-state index in [-0.39, 0.29) is 11.5 Å². The van der Waals surface area contributed by atoms with Crippen molar-refractivity contribution in [2.24, 2.45) is 0 Å². The van der Waals surface area contributed by atoms with E-state index in [4.69, 9.17) is 0 Å². The second-order valence-corrected chi connectivity index (χ2v) is 4.28. The fourth-order valence-corrected chi connectivity index (χ4v) is 1.82. The van der Waals surface area contributed by atoms with Gasteiger partial charge in [0.25, 0.3) is 0 Å². The monoisotopic (exact) mass is 252 g/mol. The van der Waals surface area contributed by atoms with Crippen LogP contribution in [0.15, 0.2) is 48.5 Å². The van der Waals surface area contributed by atoms with E-state index in [1.165, 1.54) is 0 Å². The minimum absolute atomic E-state index is 0.251. The largest absolute Gasteiger partial charge is 0.508 e. The molecule has 0 amide bonds. The number of hydrogen-bond acceptors (Lipinski definition) is 2. The summed E-state index contributed by atoms with van der Waals surface area (Å²) in [4.78, 5) is 0. The third-order valence-corrected chi connectivity index (χ3v) is 2.68. The molecule has 0 aliphatic heterocycles. The summed E-state index contributed by atoms with van der Waals surface area (Å²) in [5.74, 6) is 0.505. The molecule has 0 radical (unpaired) electrons. The van der Waals surface area contributed by atoms with Gasteiger partial charge in [0.2, 0.25) is 0 Å². The average Bonchev–Trinajstić information content (AvgIpc) is 2.38. The Hall–Kier alpha value is -2.48. The molecule has 0 heterocycles. The van der Waals surface area contributed by atoms with Crippen molar-refractivity contribution in [3.8, 4) is 11.5 Å². The van der Waals surface area contributed by atoms with Crippen molar-refractivity contribution in [2.75, 3.05) is 0 Å². The van der Waals surface area contributed by atoms with Gasteiger partial charge in [0.1, 0.15) is 11.5 Å². The number of phenols is 2. The zero-order chi connectivity index (χ0) is 13.7. The fraction of sp³-hybridized carbons (Fsp3) is 0.0588. The van der Waals surface area contributed by atoms with Crippen LogP contribution in [-0.4, -0.2) is 10.2 Å². The lowest BCUT2D eigenvalue weighted by Gasteiger charge is -2.00. The second kappa shape index (κ2) is 5.91. The zero-order valence-corrected chi connectivity index (χ0v) is 10.7. The van der Waals surface area contributed by atoms with Crippen LogP contribution < -0.4 is 0 Å². The van der Waals surface area contributed by atoms with Crippen LogP contribution in [0.25, 0.3) is 18.2 Å². The van der Waals surface area contributed by atoms with Crippen LogP contribution >= 0.6 is 0 Å². The van der Waals surface area contributed by atoms with E-state index in [9.17, 15) is 10.2 Å². The predicted molar refractivity (Wildman–Crippen MR) is 79.8 cm³/mol. The van der Waals surface area contributed by atoms with Gasteiger partial charge in [0.15, 0.2) is 0 Å². The molecule has 96 valence electrons. The molecular weight excluding hydrogens is 236 g/mol. The van der Waals surface area contributed by atoms with E-state index in [0.717, 1.165) is 16.7 Å². The van der Waals surface area contributed by atoms with Gasteiger partial charge < -0.3 is 10.2 Å². The molecule has 19 heavy (non-hydrogen) atoms. The molecule has 2 heteroatoms. The maximum absolute atomic E-state index is 9.65. The summed E-state index contributed by atoms with van der Waals surface area (Å²) in [6.45, 7) is 1.94. The molecule has 0 unspecified atom stereocenters. The quantitative estimate of drug-likeness (QED) is 0.799. The molecule has 2 N–H and O–H groups in total. The van der Waals surface area contributed by atoms with E-state index in [1.807, 2.05) is 49.4 Å². The Morgan fingerprint density at radius 1 is 0.684 bits per heavy atom. The van der Waals surface area contributed by atoms with Gasteiger partial charge in [-0.3, -0.25) is 0 Å². The highest BCUT2D eigenvalue weighted by Crippen LogP contribution is 2.19. The molecule has 2 aromatic carbocycles. The van der Waals surface area contributed by atoms with E-state index >= 15 is 0 Å². The molecule has 0 bridgehead atoms. The average molecular weight is 252 g/mol. The fourth-order valence-electron chi connectivity index (χ4n) is 1.82. The number of phenolic OH excluding ortho intramolecular Hbond substituents is 2. The summed E-state index contributed by atoms with van der Waals surface area (Å²) < 4.78 is 0. The minimum Gasteiger partial charge on any atom is -0.508 e. The van der Waals surface area contributed by atoms with E-state index in [1.54, 1.807) is 24.3 Å². The van der Waals surface area contributed by atoms with Crippen LogP contribution in [-0.2, 0) is 0 Å². The van der Waals surface area contributed by atoms with Crippen molar-refractivity contribution in [2.45, 2.75) is 6.92 Å². The summed E-state index contributed by atoms with van der Waals surface area (Å²) in [6, 6.07) is 12.4. The van der Waals surface area contributed by atoms with E-state index < -0.39 is 0 Å². The number of benzene rings is 2. The van der Waals surface area contributed by atoms with Crippen molar-refractivity contribution in [1.29, 1.82) is 0 Å². The van der Waals surface area contributed by atoms with Crippen molar-refractivity contribution in [1.82, 2.24) is 0 Å². The predicted octanol–water partition coefficient (Wildman–Crippen LogP) is 4.30. The Kier molecular flexibility index (Phi) is 4.04. The van der Waals surface area contributed by atoms with Crippen LogP contribution in [0.1, 0.15) is 23.6 Å². The summed E-state index contributed by atoms with van der Waals surface area (Å²) in [5.41, 5.74) is 2.89. The van der Waals surface area contributed by atoms with Gasteiger partial charge in [0, 0.05) is 0 Å².